The van der Waals surface area contributed by atoms with Crippen LogP contribution < -0.4 is 5.32 Å². The Morgan fingerprint density at radius 3 is 2.81 bits per heavy atom. The van der Waals surface area contributed by atoms with E-state index in [0.29, 0.717) is 0 Å². The average Bonchev–Trinajstić information content (AvgIpc) is 2.52. The zero-order valence-electron chi connectivity index (χ0n) is 9.69. The lowest BCUT2D eigenvalue weighted by Gasteiger charge is -2.24. The van der Waals surface area contributed by atoms with Crippen molar-refractivity contribution in [2.45, 2.75) is 31.1 Å². The highest BCUT2D eigenvalue weighted by Gasteiger charge is 2.28. The lowest BCUT2D eigenvalue weighted by molar-refractivity contribution is 0.511. The highest BCUT2D eigenvalue weighted by atomic mass is 32.2. The summed E-state index contributed by atoms with van der Waals surface area (Å²) in [5.74, 6) is 0.842. The van der Waals surface area contributed by atoms with Gasteiger partial charge in [0.05, 0.1) is 5.25 Å². The van der Waals surface area contributed by atoms with Crippen LogP contribution in [0, 0.1) is 0 Å². The summed E-state index contributed by atoms with van der Waals surface area (Å²) < 4.78 is 12.1. The van der Waals surface area contributed by atoms with Crippen LogP contribution in [0.5, 0.6) is 0 Å². The first-order valence-electron chi connectivity index (χ1n) is 5.98. The van der Waals surface area contributed by atoms with E-state index in [9.17, 15) is 4.21 Å². The summed E-state index contributed by atoms with van der Waals surface area (Å²) >= 11 is 0. The molecule has 0 spiro atoms. The van der Waals surface area contributed by atoms with E-state index in [2.05, 4.69) is 36.5 Å². The molecule has 1 aromatic carbocycles. The minimum atomic E-state index is -0.688. The highest BCUT2D eigenvalue weighted by Crippen LogP contribution is 2.25. The Labute approximate surface area is 99.9 Å². The summed E-state index contributed by atoms with van der Waals surface area (Å²) in [6.45, 7) is 3.10. The average molecular weight is 237 g/mol. The molecule has 0 aromatic heterocycles. The molecular weight excluding hydrogens is 218 g/mol. The second-order valence-corrected chi connectivity index (χ2v) is 6.00. The third kappa shape index (κ3) is 2.53. The maximum atomic E-state index is 12.1. The molecule has 16 heavy (non-hydrogen) atoms. The minimum absolute atomic E-state index is 0.255. The normalized spacial score (nSPS) is 30.9. The van der Waals surface area contributed by atoms with Gasteiger partial charge >= 0.3 is 0 Å². The number of benzene rings is 1. The lowest BCUT2D eigenvalue weighted by Crippen LogP contribution is -2.32. The van der Waals surface area contributed by atoms with Crippen molar-refractivity contribution in [3.8, 4) is 0 Å². The van der Waals surface area contributed by atoms with Crippen LogP contribution in [0.25, 0.3) is 0 Å². The smallest absolute Gasteiger partial charge is 0.0540 e. The molecule has 1 saturated heterocycles. The van der Waals surface area contributed by atoms with E-state index >= 15 is 0 Å². The van der Waals surface area contributed by atoms with Gasteiger partial charge in [0.2, 0.25) is 0 Å². The molecule has 1 heterocycles. The van der Waals surface area contributed by atoms with Gasteiger partial charge in [-0.15, -0.1) is 0 Å². The Kier molecular flexibility index (Phi) is 4.13. The summed E-state index contributed by atoms with van der Waals surface area (Å²) in [5.41, 5.74) is 1.27. The SMILES string of the molecule is CCC1C(c2ccccc2)NCCCS1=O. The molecule has 3 unspecified atom stereocenters. The van der Waals surface area contributed by atoms with Gasteiger partial charge in [-0.1, -0.05) is 37.3 Å². The maximum Gasteiger partial charge on any atom is 0.0540 e. The van der Waals surface area contributed by atoms with Crippen LogP contribution in [0.4, 0.5) is 0 Å². The van der Waals surface area contributed by atoms with Crippen molar-refractivity contribution >= 4 is 10.8 Å². The molecule has 0 bridgehead atoms. The van der Waals surface area contributed by atoms with Crippen LogP contribution in [0.3, 0.4) is 0 Å². The maximum absolute atomic E-state index is 12.1. The molecule has 1 N–H and O–H groups in total. The number of hydrogen-bond donors (Lipinski definition) is 1. The van der Waals surface area contributed by atoms with Gasteiger partial charge in [0.1, 0.15) is 0 Å². The fourth-order valence-electron chi connectivity index (χ4n) is 2.32. The third-order valence-electron chi connectivity index (χ3n) is 3.16. The predicted octanol–water partition coefficient (Wildman–Crippen LogP) is 2.25. The first-order chi connectivity index (χ1) is 7.83. The number of nitrogens with one attached hydrogen (secondary N) is 1. The molecule has 3 heteroatoms. The van der Waals surface area contributed by atoms with Crippen LogP contribution in [-0.2, 0) is 10.8 Å². The molecule has 0 saturated carbocycles. The second-order valence-electron chi connectivity index (χ2n) is 4.23. The number of rotatable bonds is 2. The van der Waals surface area contributed by atoms with Crippen LogP contribution in [-0.4, -0.2) is 21.8 Å². The first kappa shape index (κ1) is 11.8. The van der Waals surface area contributed by atoms with Gasteiger partial charge in [0.15, 0.2) is 0 Å². The summed E-state index contributed by atoms with van der Waals surface area (Å²) in [6, 6.07) is 10.6. The molecule has 1 aliphatic heterocycles. The Morgan fingerprint density at radius 2 is 2.12 bits per heavy atom. The van der Waals surface area contributed by atoms with Crippen molar-refractivity contribution < 1.29 is 4.21 Å². The van der Waals surface area contributed by atoms with Gasteiger partial charge in [-0.3, -0.25) is 4.21 Å². The van der Waals surface area contributed by atoms with Gasteiger partial charge in [0.25, 0.3) is 0 Å². The van der Waals surface area contributed by atoms with E-state index in [-0.39, 0.29) is 11.3 Å². The first-order valence-corrected chi connectivity index (χ1v) is 7.36. The monoisotopic (exact) mass is 237 g/mol. The molecule has 0 aliphatic carbocycles. The van der Waals surface area contributed by atoms with Gasteiger partial charge in [-0.05, 0) is 24.9 Å². The van der Waals surface area contributed by atoms with Crippen molar-refractivity contribution in [1.82, 2.24) is 5.32 Å². The topological polar surface area (TPSA) is 29.1 Å². The zero-order chi connectivity index (χ0) is 11.4. The van der Waals surface area contributed by atoms with Crippen molar-refractivity contribution in [2.24, 2.45) is 0 Å². The zero-order valence-corrected chi connectivity index (χ0v) is 10.5. The van der Waals surface area contributed by atoms with E-state index in [1.54, 1.807) is 0 Å². The Bertz CT molecular complexity index is 352. The van der Waals surface area contributed by atoms with Crippen LogP contribution >= 0.6 is 0 Å². The van der Waals surface area contributed by atoms with Gasteiger partial charge in [-0.25, -0.2) is 0 Å². The van der Waals surface area contributed by atoms with Crippen LogP contribution in [0.1, 0.15) is 31.4 Å². The fraction of sp³-hybridized carbons (Fsp3) is 0.538. The van der Waals surface area contributed by atoms with Gasteiger partial charge in [-0.2, -0.15) is 0 Å². The van der Waals surface area contributed by atoms with Crippen molar-refractivity contribution in [3.05, 3.63) is 35.9 Å². The van der Waals surface area contributed by atoms with Crippen LogP contribution in [0.2, 0.25) is 0 Å². The van der Waals surface area contributed by atoms with E-state index in [0.717, 1.165) is 25.1 Å². The predicted molar refractivity (Wildman–Crippen MR) is 68.9 cm³/mol. The third-order valence-corrected chi connectivity index (χ3v) is 5.13. The fourth-order valence-corrected chi connectivity index (χ4v) is 3.98. The van der Waals surface area contributed by atoms with Crippen molar-refractivity contribution in [3.63, 3.8) is 0 Å². The van der Waals surface area contributed by atoms with Crippen molar-refractivity contribution in [1.29, 1.82) is 0 Å². The molecule has 88 valence electrons. The Balaban J connectivity index is 2.26. The highest BCUT2D eigenvalue weighted by molar-refractivity contribution is 7.85. The minimum Gasteiger partial charge on any atom is -0.309 e. The molecule has 0 radical (unpaired) electrons. The molecule has 2 rings (SSSR count). The summed E-state index contributed by atoms with van der Waals surface area (Å²) in [6.07, 6.45) is 1.99. The molecule has 3 atom stereocenters. The molecule has 1 aromatic rings. The Morgan fingerprint density at radius 1 is 1.38 bits per heavy atom. The molecule has 1 aliphatic rings. The largest absolute Gasteiger partial charge is 0.309 e. The van der Waals surface area contributed by atoms with E-state index < -0.39 is 10.8 Å². The van der Waals surface area contributed by atoms with E-state index in [1.807, 2.05) is 6.07 Å². The molecule has 1 fully saturated rings. The second kappa shape index (κ2) is 5.60. The van der Waals surface area contributed by atoms with E-state index in [1.165, 1.54) is 5.56 Å². The number of hydrogen-bond acceptors (Lipinski definition) is 2. The summed E-state index contributed by atoms with van der Waals surface area (Å²) in [5, 5.41) is 3.79. The van der Waals surface area contributed by atoms with Gasteiger partial charge < -0.3 is 5.32 Å². The summed E-state index contributed by atoms with van der Waals surface area (Å²) in [7, 11) is -0.688. The summed E-state index contributed by atoms with van der Waals surface area (Å²) in [4.78, 5) is 0. The Hall–Kier alpha value is -0.670. The van der Waals surface area contributed by atoms with Crippen molar-refractivity contribution in [2.75, 3.05) is 12.3 Å². The molecule has 0 amide bonds. The van der Waals surface area contributed by atoms with E-state index in [4.69, 9.17) is 0 Å². The van der Waals surface area contributed by atoms with Gasteiger partial charge in [0, 0.05) is 22.6 Å². The molecular formula is C13H19NOS. The molecule has 2 nitrogen and oxygen atoms in total. The quantitative estimate of drug-likeness (QED) is 0.855. The standard InChI is InChI=1S/C13H19NOS/c1-2-12-13(11-7-4-3-5-8-11)14-9-6-10-16(12)15/h3-5,7-8,12-14H,2,6,9-10H2,1H3. The van der Waals surface area contributed by atoms with Crippen LogP contribution in [0.15, 0.2) is 30.3 Å². The lowest BCUT2D eigenvalue weighted by atomic mass is 10.0.